The van der Waals surface area contributed by atoms with Crippen LogP contribution < -0.4 is 10.5 Å². The molecule has 1 unspecified atom stereocenters. The van der Waals surface area contributed by atoms with E-state index in [0.717, 1.165) is 25.2 Å². The van der Waals surface area contributed by atoms with Crippen molar-refractivity contribution in [1.82, 2.24) is 0 Å². The summed E-state index contributed by atoms with van der Waals surface area (Å²) in [4.78, 5) is 0. The second-order valence-corrected chi connectivity index (χ2v) is 3.48. The summed E-state index contributed by atoms with van der Waals surface area (Å²) >= 11 is 0. The molecule has 0 saturated carbocycles. The average molecular weight is 177 g/mol. The Bertz CT molecular complexity index is 309. The first-order valence-electron chi connectivity index (χ1n) is 4.82. The van der Waals surface area contributed by atoms with E-state index < -0.39 is 0 Å². The summed E-state index contributed by atoms with van der Waals surface area (Å²) in [6.45, 7) is 2.93. The van der Waals surface area contributed by atoms with Crippen LogP contribution in [0.4, 0.5) is 0 Å². The van der Waals surface area contributed by atoms with Crippen LogP contribution in [0, 0.1) is 0 Å². The standard InChI is InChI=1S/C11H15NO/c1-2-10(12)8-3-4-11-9(7-8)5-6-13-11/h3-4,7,10H,2,5-6,12H2,1H3. The normalized spacial score (nSPS) is 16.5. The van der Waals surface area contributed by atoms with Crippen molar-refractivity contribution in [2.24, 2.45) is 5.73 Å². The third-order valence-electron chi connectivity index (χ3n) is 2.58. The lowest BCUT2D eigenvalue weighted by molar-refractivity contribution is 0.357. The van der Waals surface area contributed by atoms with Crippen LogP contribution in [0.5, 0.6) is 5.75 Å². The van der Waals surface area contributed by atoms with Gasteiger partial charge in [0.15, 0.2) is 0 Å². The first kappa shape index (κ1) is 8.57. The van der Waals surface area contributed by atoms with E-state index in [2.05, 4.69) is 19.1 Å². The Kier molecular flexibility index (Phi) is 2.23. The van der Waals surface area contributed by atoms with Gasteiger partial charge in [-0.25, -0.2) is 0 Å². The Hall–Kier alpha value is -1.02. The summed E-state index contributed by atoms with van der Waals surface area (Å²) in [7, 11) is 0. The van der Waals surface area contributed by atoms with Crippen LogP contribution in [0.3, 0.4) is 0 Å². The molecule has 2 nitrogen and oxygen atoms in total. The Morgan fingerprint density at radius 2 is 2.38 bits per heavy atom. The summed E-state index contributed by atoms with van der Waals surface area (Å²) < 4.78 is 5.43. The van der Waals surface area contributed by atoms with Crippen LogP contribution in [-0.4, -0.2) is 6.61 Å². The van der Waals surface area contributed by atoms with Gasteiger partial charge in [-0.3, -0.25) is 0 Å². The maximum absolute atomic E-state index is 5.95. The van der Waals surface area contributed by atoms with Gasteiger partial charge < -0.3 is 10.5 Å². The highest BCUT2D eigenvalue weighted by Gasteiger charge is 2.13. The van der Waals surface area contributed by atoms with Gasteiger partial charge in [-0.05, 0) is 23.6 Å². The van der Waals surface area contributed by atoms with Crippen molar-refractivity contribution in [3.8, 4) is 5.75 Å². The topological polar surface area (TPSA) is 35.2 Å². The van der Waals surface area contributed by atoms with Gasteiger partial charge >= 0.3 is 0 Å². The van der Waals surface area contributed by atoms with Crippen molar-refractivity contribution < 1.29 is 4.74 Å². The predicted molar refractivity (Wildman–Crippen MR) is 52.9 cm³/mol. The SMILES string of the molecule is CCC(N)c1ccc2c(c1)CCO2. The molecule has 1 aromatic carbocycles. The molecule has 2 rings (SSSR count). The molecule has 0 saturated heterocycles. The molecule has 2 heteroatoms. The zero-order valence-corrected chi connectivity index (χ0v) is 7.92. The van der Waals surface area contributed by atoms with Crippen molar-refractivity contribution in [2.75, 3.05) is 6.61 Å². The fraction of sp³-hybridized carbons (Fsp3) is 0.455. The molecular formula is C11H15NO. The van der Waals surface area contributed by atoms with E-state index in [1.165, 1.54) is 11.1 Å². The second kappa shape index (κ2) is 3.38. The predicted octanol–water partition coefficient (Wildman–Crippen LogP) is 2.03. The van der Waals surface area contributed by atoms with Crippen LogP contribution in [0.15, 0.2) is 18.2 Å². The summed E-state index contributed by atoms with van der Waals surface area (Å²) in [5.74, 6) is 1.03. The molecule has 1 aliphatic rings. The number of benzene rings is 1. The zero-order chi connectivity index (χ0) is 9.26. The Balaban J connectivity index is 2.30. The van der Waals surface area contributed by atoms with Crippen molar-refractivity contribution in [2.45, 2.75) is 25.8 Å². The molecule has 0 radical (unpaired) electrons. The van der Waals surface area contributed by atoms with E-state index in [4.69, 9.17) is 10.5 Å². The molecule has 0 aromatic heterocycles. The lowest BCUT2D eigenvalue weighted by atomic mass is 10.0. The minimum atomic E-state index is 0.172. The fourth-order valence-corrected chi connectivity index (χ4v) is 1.67. The van der Waals surface area contributed by atoms with Crippen LogP contribution in [-0.2, 0) is 6.42 Å². The minimum Gasteiger partial charge on any atom is -0.493 e. The molecule has 13 heavy (non-hydrogen) atoms. The Morgan fingerprint density at radius 1 is 1.54 bits per heavy atom. The third-order valence-corrected chi connectivity index (χ3v) is 2.58. The molecule has 1 aromatic rings. The quantitative estimate of drug-likeness (QED) is 0.750. The minimum absolute atomic E-state index is 0.172. The molecule has 0 bridgehead atoms. The third kappa shape index (κ3) is 1.54. The first-order chi connectivity index (χ1) is 6.31. The Labute approximate surface area is 78.7 Å². The molecule has 70 valence electrons. The highest BCUT2D eigenvalue weighted by Crippen LogP contribution is 2.28. The van der Waals surface area contributed by atoms with Gasteiger partial charge in [-0.2, -0.15) is 0 Å². The van der Waals surface area contributed by atoms with Crippen molar-refractivity contribution in [1.29, 1.82) is 0 Å². The summed E-state index contributed by atoms with van der Waals surface area (Å²) in [6.07, 6.45) is 2.01. The second-order valence-electron chi connectivity index (χ2n) is 3.48. The molecular weight excluding hydrogens is 162 g/mol. The number of fused-ring (bicyclic) bond motifs is 1. The number of ether oxygens (including phenoxy) is 1. The molecule has 0 fully saturated rings. The van der Waals surface area contributed by atoms with Gasteiger partial charge in [0.1, 0.15) is 5.75 Å². The van der Waals surface area contributed by atoms with E-state index in [1.807, 2.05) is 6.07 Å². The molecule has 0 amide bonds. The van der Waals surface area contributed by atoms with Gasteiger partial charge in [-0.1, -0.05) is 19.1 Å². The maximum Gasteiger partial charge on any atom is 0.122 e. The number of nitrogens with two attached hydrogens (primary N) is 1. The first-order valence-corrected chi connectivity index (χ1v) is 4.82. The lowest BCUT2D eigenvalue weighted by Gasteiger charge is -2.09. The maximum atomic E-state index is 5.95. The largest absolute Gasteiger partial charge is 0.493 e. The van der Waals surface area contributed by atoms with E-state index in [9.17, 15) is 0 Å². The van der Waals surface area contributed by atoms with Gasteiger partial charge in [0.05, 0.1) is 6.61 Å². The van der Waals surface area contributed by atoms with Crippen LogP contribution in [0.25, 0.3) is 0 Å². The molecule has 0 spiro atoms. The average Bonchev–Trinajstić information content (AvgIpc) is 2.63. The highest BCUT2D eigenvalue weighted by molar-refractivity contribution is 5.40. The monoisotopic (exact) mass is 177 g/mol. The molecule has 1 heterocycles. The molecule has 1 aliphatic heterocycles. The van der Waals surface area contributed by atoms with Crippen molar-refractivity contribution >= 4 is 0 Å². The van der Waals surface area contributed by atoms with Crippen LogP contribution in [0.2, 0.25) is 0 Å². The van der Waals surface area contributed by atoms with Crippen molar-refractivity contribution in [3.05, 3.63) is 29.3 Å². The van der Waals surface area contributed by atoms with Crippen molar-refractivity contribution in [3.63, 3.8) is 0 Å². The number of hydrogen-bond donors (Lipinski definition) is 1. The van der Waals surface area contributed by atoms with E-state index in [-0.39, 0.29) is 6.04 Å². The Morgan fingerprint density at radius 3 is 3.15 bits per heavy atom. The number of hydrogen-bond acceptors (Lipinski definition) is 2. The highest BCUT2D eigenvalue weighted by atomic mass is 16.5. The lowest BCUT2D eigenvalue weighted by Crippen LogP contribution is -2.08. The molecule has 1 atom stereocenters. The van der Waals surface area contributed by atoms with E-state index in [1.54, 1.807) is 0 Å². The van der Waals surface area contributed by atoms with Gasteiger partial charge in [-0.15, -0.1) is 0 Å². The zero-order valence-electron chi connectivity index (χ0n) is 7.92. The van der Waals surface area contributed by atoms with Gasteiger partial charge in [0.25, 0.3) is 0 Å². The fourth-order valence-electron chi connectivity index (χ4n) is 1.67. The van der Waals surface area contributed by atoms with E-state index in [0.29, 0.717) is 0 Å². The number of rotatable bonds is 2. The molecule has 2 N–H and O–H groups in total. The summed E-state index contributed by atoms with van der Waals surface area (Å²) in [5, 5.41) is 0. The smallest absolute Gasteiger partial charge is 0.122 e. The summed E-state index contributed by atoms with van der Waals surface area (Å²) in [6, 6.07) is 6.45. The summed E-state index contributed by atoms with van der Waals surface area (Å²) in [5.41, 5.74) is 8.48. The van der Waals surface area contributed by atoms with Gasteiger partial charge in [0.2, 0.25) is 0 Å². The van der Waals surface area contributed by atoms with Crippen LogP contribution >= 0.6 is 0 Å². The van der Waals surface area contributed by atoms with Crippen LogP contribution in [0.1, 0.15) is 30.5 Å². The van der Waals surface area contributed by atoms with Gasteiger partial charge in [0, 0.05) is 12.5 Å². The molecule has 0 aliphatic carbocycles. The van der Waals surface area contributed by atoms with E-state index >= 15 is 0 Å².